The normalized spacial score (nSPS) is 11.9. The lowest BCUT2D eigenvalue weighted by atomic mass is 10.1. The van der Waals surface area contributed by atoms with E-state index in [2.05, 4.69) is 10.3 Å². The Balaban J connectivity index is 2.64. The summed E-state index contributed by atoms with van der Waals surface area (Å²) in [6, 6.07) is 3.57. The maximum Gasteiger partial charge on any atom is 0.146 e. The second-order valence-corrected chi connectivity index (χ2v) is 4.01. The van der Waals surface area contributed by atoms with Gasteiger partial charge in [0.05, 0.1) is 5.56 Å². The molecule has 0 radical (unpaired) electrons. The smallest absolute Gasteiger partial charge is 0.146 e. The molecular weight excluding hydrogens is 226 g/mol. The highest BCUT2D eigenvalue weighted by Crippen LogP contribution is 2.22. The number of aliphatic hydroxyl groups is 1. The first-order valence-corrected chi connectivity index (χ1v) is 5.46. The molecule has 0 amide bonds. The van der Waals surface area contributed by atoms with Crippen LogP contribution in [0.25, 0.3) is 0 Å². The highest BCUT2D eigenvalue weighted by Gasteiger charge is 2.08. The average Bonchev–Trinajstić information content (AvgIpc) is 2.28. The molecule has 0 saturated carbocycles. The van der Waals surface area contributed by atoms with Crippen LogP contribution in [-0.2, 0) is 0 Å². The van der Waals surface area contributed by atoms with Crippen LogP contribution in [0, 0.1) is 17.2 Å². The number of aromatic nitrogens is 1. The average molecular weight is 240 g/mol. The Morgan fingerprint density at radius 2 is 2.44 bits per heavy atom. The lowest BCUT2D eigenvalue weighted by Crippen LogP contribution is -2.13. The number of hydrogen-bond donors (Lipinski definition) is 2. The monoisotopic (exact) mass is 239 g/mol. The molecular formula is C11H14ClN3O. The fraction of sp³-hybridized carbons (Fsp3) is 0.455. The molecule has 1 aromatic rings. The molecule has 5 heteroatoms. The molecule has 1 unspecified atom stereocenters. The summed E-state index contributed by atoms with van der Waals surface area (Å²) in [6.07, 6.45) is 2.27. The van der Waals surface area contributed by atoms with Crippen molar-refractivity contribution < 1.29 is 5.11 Å². The number of halogens is 1. The summed E-state index contributed by atoms with van der Waals surface area (Å²) in [6.45, 7) is 2.86. The number of hydrogen-bond acceptors (Lipinski definition) is 4. The van der Waals surface area contributed by atoms with Crippen LogP contribution >= 0.6 is 11.6 Å². The summed E-state index contributed by atoms with van der Waals surface area (Å²) in [5, 5.41) is 21.0. The molecule has 86 valence electrons. The molecule has 0 aromatic carbocycles. The van der Waals surface area contributed by atoms with E-state index in [4.69, 9.17) is 22.0 Å². The first-order chi connectivity index (χ1) is 7.69. The van der Waals surface area contributed by atoms with Crippen molar-refractivity contribution in [2.45, 2.75) is 13.3 Å². The Morgan fingerprint density at radius 1 is 1.69 bits per heavy atom. The van der Waals surface area contributed by atoms with E-state index < -0.39 is 0 Å². The summed E-state index contributed by atoms with van der Waals surface area (Å²) in [5.41, 5.74) is 0.411. The van der Waals surface area contributed by atoms with Gasteiger partial charge in [0.2, 0.25) is 0 Å². The fourth-order valence-electron chi connectivity index (χ4n) is 1.25. The lowest BCUT2D eigenvalue weighted by Gasteiger charge is -2.12. The van der Waals surface area contributed by atoms with Gasteiger partial charge in [0.25, 0.3) is 0 Å². The van der Waals surface area contributed by atoms with Crippen LogP contribution in [0.15, 0.2) is 12.3 Å². The predicted molar refractivity (Wildman–Crippen MR) is 63.3 cm³/mol. The Morgan fingerprint density at radius 3 is 3.06 bits per heavy atom. The Labute approximate surface area is 99.9 Å². The van der Waals surface area contributed by atoms with Crippen LogP contribution in [-0.4, -0.2) is 23.2 Å². The van der Waals surface area contributed by atoms with E-state index in [-0.39, 0.29) is 6.61 Å². The number of aliphatic hydroxyl groups excluding tert-OH is 1. The molecule has 1 aromatic heterocycles. The second kappa shape index (κ2) is 6.31. The van der Waals surface area contributed by atoms with Crippen molar-refractivity contribution in [1.82, 2.24) is 4.98 Å². The van der Waals surface area contributed by atoms with Crippen LogP contribution in [0.2, 0.25) is 5.02 Å². The molecule has 16 heavy (non-hydrogen) atoms. The van der Waals surface area contributed by atoms with Gasteiger partial charge in [0.1, 0.15) is 16.9 Å². The van der Waals surface area contributed by atoms with Crippen molar-refractivity contribution in [1.29, 1.82) is 5.26 Å². The van der Waals surface area contributed by atoms with Crippen LogP contribution in [0.5, 0.6) is 0 Å². The standard InChI is InChI=1S/C11H14ClN3O/c1-8(3-5-16)7-15-11-10(12)9(6-13)2-4-14-11/h2,4,8,16H,3,5,7H2,1H3,(H,14,15). The van der Waals surface area contributed by atoms with Crippen LogP contribution < -0.4 is 5.32 Å². The van der Waals surface area contributed by atoms with Crippen LogP contribution in [0.1, 0.15) is 18.9 Å². The van der Waals surface area contributed by atoms with E-state index in [9.17, 15) is 0 Å². The highest BCUT2D eigenvalue weighted by atomic mass is 35.5. The molecule has 1 heterocycles. The summed E-state index contributed by atoms with van der Waals surface area (Å²) in [7, 11) is 0. The maximum atomic E-state index is 8.78. The topological polar surface area (TPSA) is 68.9 Å². The maximum absolute atomic E-state index is 8.78. The first kappa shape index (κ1) is 12.8. The van der Waals surface area contributed by atoms with Crippen molar-refractivity contribution >= 4 is 17.4 Å². The third kappa shape index (κ3) is 3.37. The van der Waals surface area contributed by atoms with Gasteiger partial charge in [-0.1, -0.05) is 18.5 Å². The number of nitrogens with zero attached hydrogens (tertiary/aromatic N) is 2. The summed E-state index contributed by atoms with van der Waals surface area (Å²) < 4.78 is 0. The largest absolute Gasteiger partial charge is 0.396 e. The number of pyridine rings is 1. The van der Waals surface area contributed by atoms with E-state index in [1.54, 1.807) is 12.3 Å². The fourth-order valence-corrected chi connectivity index (χ4v) is 1.47. The summed E-state index contributed by atoms with van der Waals surface area (Å²) in [5.74, 6) is 0.846. The van der Waals surface area contributed by atoms with Gasteiger partial charge < -0.3 is 10.4 Å². The van der Waals surface area contributed by atoms with Crippen molar-refractivity contribution in [3.05, 3.63) is 22.8 Å². The molecule has 2 N–H and O–H groups in total. The minimum atomic E-state index is 0.169. The van der Waals surface area contributed by atoms with Gasteiger partial charge in [-0.3, -0.25) is 0 Å². The highest BCUT2D eigenvalue weighted by molar-refractivity contribution is 6.34. The predicted octanol–water partition coefficient (Wildman–Crippen LogP) is 2.04. The summed E-state index contributed by atoms with van der Waals surface area (Å²) in [4.78, 5) is 4.06. The molecule has 0 aliphatic heterocycles. The van der Waals surface area contributed by atoms with Gasteiger partial charge in [0.15, 0.2) is 0 Å². The molecule has 1 rings (SSSR count). The molecule has 0 spiro atoms. The van der Waals surface area contributed by atoms with Crippen molar-refractivity contribution in [2.75, 3.05) is 18.5 Å². The number of anilines is 1. The van der Waals surface area contributed by atoms with Gasteiger partial charge in [-0.05, 0) is 18.4 Å². The minimum absolute atomic E-state index is 0.169. The van der Waals surface area contributed by atoms with E-state index in [0.717, 1.165) is 6.42 Å². The SMILES string of the molecule is CC(CCO)CNc1nccc(C#N)c1Cl. The van der Waals surface area contributed by atoms with Crippen molar-refractivity contribution in [3.63, 3.8) is 0 Å². The van der Waals surface area contributed by atoms with E-state index in [1.807, 2.05) is 13.0 Å². The molecule has 0 bridgehead atoms. The molecule has 0 fully saturated rings. The molecule has 1 atom stereocenters. The molecule has 4 nitrogen and oxygen atoms in total. The van der Waals surface area contributed by atoms with E-state index in [0.29, 0.717) is 28.9 Å². The molecule has 0 saturated heterocycles. The minimum Gasteiger partial charge on any atom is -0.396 e. The van der Waals surface area contributed by atoms with Gasteiger partial charge in [0, 0.05) is 19.3 Å². The second-order valence-electron chi connectivity index (χ2n) is 3.63. The third-order valence-electron chi connectivity index (χ3n) is 2.25. The zero-order chi connectivity index (χ0) is 12.0. The quantitative estimate of drug-likeness (QED) is 0.825. The van der Waals surface area contributed by atoms with E-state index in [1.165, 1.54) is 0 Å². The Hall–Kier alpha value is -1.31. The third-order valence-corrected chi connectivity index (χ3v) is 2.63. The first-order valence-electron chi connectivity index (χ1n) is 5.08. The Kier molecular flexibility index (Phi) is 5.03. The zero-order valence-corrected chi connectivity index (χ0v) is 9.83. The number of rotatable bonds is 5. The van der Waals surface area contributed by atoms with Crippen molar-refractivity contribution in [2.24, 2.45) is 5.92 Å². The Bertz CT molecular complexity index is 389. The van der Waals surface area contributed by atoms with Gasteiger partial charge in [-0.15, -0.1) is 0 Å². The van der Waals surface area contributed by atoms with Gasteiger partial charge in [-0.2, -0.15) is 5.26 Å². The number of nitriles is 1. The number of nitrogens with one attached hydrogen (secondary N) is 1. The van der Waals surface area contributed by atoms with Crippen LogP contribution in [0.3, 0.4) is 0 Å². The van der Waals surface area contributed by atoms with Crippen LogP contribution in [0.4, 0.5) is 5.82 Å². The van der Waals surface area contributed by atoms with E-state index >= 15 is 0 Å². The molecule has 0 aliphatic rings. The van der Waals surface area contributed by atoms with Gasteiger partial charge >= 0.3 is 0 Å². The van der Waals surface area contributed by atoms with Crippen molar-refractivity contribution in [3.8, 4) is 6.07 Å². The summed E-state index contributed by atoms with van der Waals surface area (Å²) >= 11 is 5.97. The van der Waals surface area contributed by atoms with Gasteiger partial charge in [-0.25, -0.2) is 4.98 Å². The molecule has 0 aliphatic carbocycles. The zero-order valence-electron chi connectivity index (χ0n) is 9.07. The lowest BCUT2D eigenvalue weighted by molar-refractivity contribution is 0.266.